The van der Waals surface area contributed by atoms with Crippen LogP contribution in [0.2, 0.25) is 10.0 Å². The molecule has 0 N–H and O–H groups in total. The van der Waals surface area contributed by atoms with Crippen LogP contribution in [-0.4, -0.2) is 29.4 Å². The van der Waals surface area contributed by atoms with Gasteiger partial charge in [0.05, 0.1) is 11.7 Å². The molecule has 1 aliphatic rings. The van der Waals surface area contributed by atoms with Gasteiger partial charge >= 0.3 is 18.9 Å². The number of hydrogen-bond donors (Lipinski definition) is 0. The number of fused-ring (bicyclic) bond motifs is 1. The normalized spacial score (nSPS) is 16.0. The van der Waals surface area contributed by atoms with Crippen LogP contribution in [0.1, 0.15) is 33.1 Å². The van der Waals surface area contributed by atoms with Crippen LogP contribution in [-0.2, 0) is 6.54 Å². The minimum atomic E-state index is -1.28. The molecule has 4 rings (SSSR count). The molecule has 0 aliphatic carbocycles. The molecule has 0 fully saturated rings. The number of pyridine rings is 1. The summed E-state index contributed by atoms with van der Waals surface area (Å²) < 4.78 is 0. The molecule has 0 spiro atoms. The average molecular weight is 419 g/mol. The third kappa shape index (κ3) is 4.53. The summed E-state index contributed by atoms with van der Waals surface area (Å²) in [5.41, 5.74) is 5.14. The number of hydrogen-bond acceptors (Lipinski definition) is 4. The quantitative estimate of drug-likeness (QED) is 0.595. The molecule has 1 aliphatic heterocycles. The van der Waals surface area contributed by atoms with E-state index in [2.05, 4.69) is 29.1 Å². The Balaban J connectivity index is 0.00000240. The van der Waals surface area contributed by atoms with Crippen LogP contribution in [0.3, 0.4) is 0 Å². The second-order valence-electron chi connectivity index (χ2n) is 7.05. The Hall–Kier alpha value is -1.80. The van der Waals surface area contributed by atoms with Gasteiger partial charge in [-0.25, -0.2) is 0 Å². The molecule has 0 saturated heterocycles. The monoisotopic (exact) mass is 418 g/mol. The minimum Gasteiger partial charge on any atom is -0.543 e. The van der Waals surface area contributed by atoms with Crippen LogP contribution in [0, 0.1) is 0 Å². The fraction of sp³-hybridized carbons (Fsp3) is 0.182. The maximum absolute atomic E-state index is 10.9. The van der Waals surface area contributed by atoms with Crippen LogP contribution in [0.15, 0.2) is 54.7 Å². The second-order valence-corrected chi connectivity index (χ2v) is 7.89. The van der Waals surface area contributed by atoms with Crippen molar-refractivity contribution in [2.45, 2.75) is 12.5 Å². The van der Waals surface area contributed by atoms with Gasteiger partial charge in [-0.15, -0.1) is 0 Å². The maximum atomic E-state index is 10.9. The zero-order chi connectivity index (χ0) is 19.8. The fourth-order valence-electron chi connectivity index (χ4n) is 3.75. The Morgan fingerprint density at radius 3 is 2.62 bits per heavy atom. The molecular weight excluding hydrogens is 402 g/mol. The Bertz CT molecular complexity index is 1060. The third-order valence-electron chi connectivity index (χ3n) is 5.09. The van der Waals surface area contributed by atoms with E-state index in [9.17, 15) is 9.90 Å². The van der Waals surface area contributed by atoms with E-state index in [0.29, 0.717) is 10.0 Å². The van der Waals surface area contributed by atoms with Gasteiger partial charge in [0.15, 0.2) is 0 Å². The molecule has 4 nitrogen and oxygen atoms in total. The Kier molecular flexibility index (Phi) is 6.73. The summed E-state index contributed by atoms with van der Waals surface area (Å²) in [6.45, 7) is 1.64. The van der Waals surface area contributed by atoms with Crippen molar-refractivity contribution in [1.82, 2.24) is 9.88 Å². The number of nitrogens with zero attached hydrogens (tertiary/aromatic N) is 2. The number of carbonyl (C=O) groups excluding carboxylic acids is 1. The van der Waals surface area contributed by atoms with Crippen molar-refractivity contribution >= 4 is 29.2 Å². The van der Waals surface area contributed by atoms with Crippen LogP contribution in [0.4, 0.5) is 0 Å². The molecule has 29 heavy (non-hydrogen) atoms. The molecule has 0 saturated carbocycles. The van der Waals surface area contributed by atoms with Crippen LogP contribution in [0.25, 0.3) is 11.1 Å². The predicted molar refractivity (Wildman–Crippen MR) is 109 cm³/mol. The summed E-state index contributed by atoms with van der Waals surface area (Å²) in [4.78, 5) is 17.1. The fourth-order valence-corrected chi connectivity index (χ4v) is 4.32. The number of carboxylic acids is 1. The first kappa shape index (κ1) is 21.9. The molecule has 2 heterocycles. The van der Waals surface area contributed by atoms with Crippen molar-refractivity contribution in [2.24, 2.45) is 0 Å². The number of carbonyl (C=O) groups is 1. The van der Waals surface area contributed by atoms with Gasteiger partial charge in [-0.2, -0.15) is 0 Å². The number of aromatic nitrogens is 1. The van der Waals surface area contributed by atoms with E-state index in [1.165, 1.54) is 6.07 Å². The molecule has 1 atom stereocenters. The molecular formula is C22H17Cl2LiN2O2. The molecule has 1 aromatic heterocycles. The van der Waals surface area contributed by atoms with Gasteiger partial charge in [0, 0.05) is 40.8 Å². The summed E-state index contributed by atoms with van der Waals surface area (Å²) in [5, 5.41) is 12.2. The molecule has 3 aromatic rings. The summed E-state index contributed by atoms with van der Waals surface area (Å²) in [7, 11) is 2.08. The average Bonchev–Trinajstić information content (AvgIpc) is 2.68. The number of benzene rings is 2. The van der Waals surface area contributed by atoms with Gasteiger partial charge < -0.3 is 14.8 Å². The minimum absolute atomic E-state index is 0. The number of aromatic carboxylic acids is 1. The first-order valence-corrected chi connectivity index (χ1v) is 9.62. The first-order valence-electron chi connectivity index (χ1n) is 8.86. The van der Waals surface area contributed by atoms with Crippen LogP contribution in [0.5, 0.6) is 0 Å². The van der Waals surface area contributed by atoms with E-state index in [1.54, 1.807) is 18.3 Å². The van der Waals surface area contributed by atoms with E-state index in [0.717, 1.165) is 40.9 Å². The van der Waals surface area contributed by atoms with Gasteiger partial charge in [0.2, 0.25) is 0 Å². The van der Waals surface area contributed by atoms with Gasteiger partial charge in [-0.1, -0.05) is 53.5 Å². The number of rotatable bonds is 3. The molecule has 0 amide bonds. The Morgan fingerprint density at radius 1 is 1.14 bits per heavy atom. The van der Waals surface area contributed by atoms with Crippen molar-refractivity contribution < 1.29 is 28.8 Å². The zero-order valence-corrected chi connectivity index (χ0v) is 17.7. The topological polar surface area (TPSA) is 56.3 Å². The molecule has 142 valence electrons. The largest absolute Gasteiger partial charge is 1.00 e. The smallest absolute Gasteiger partial charge is 0.543 e. The van der Waals surface area contributed by atoms with E-state index >= 15 is 0 Å². The molecule has 0 bridgehead atoms. The Morgan fingerprint density at radius 2 is 1.93 bits per heavy atom. The zero-order valence-electron chi connectivity index (χ0n) is 16.2. The van der Waals surface area contributed by atoms with Crippen LogP contribution < -0.4 is 24.0 Å². The van der Waals surface area contributed by atoms with E-state index in [4.69, 9.17) is 23.2 Å². The summed E-state index contributed by atoms with van der Waals surface area (Å²) in [6, 6.07) is 15.2. The second kappa shape index (κ2) is 8.91. The first-order chi connectivity index (χ1) is 13.4. The molecule has 0 unspecified atom stereocenters. The van der Waals surface area contributed by atoms with E-state index in [-0.39, 0.29) is 30.5 Å². The third-order valence-corrected chi connectivity index (χ3v) is 5.64. The SMILES string of the molecule is CN1Cc2c(Cl)cc(Cl)cc2[C@H](c2cccc(-c3ccc(C(=O)[O-])nc3)c2)C1.[Li+]. The number of carboxylic acid groups (broad SMARTS) is 1. The van der Waals surface area contributed by atoms with Crippen molar-refractivity contribution in [3.63, 3.8) is 0 Å². The summed E-state index contributed by atoms with van der Waals surface area (Å²) in [6.07, 6.45) is 1.55. The van der Waals surface area contributed by atoms with Crippen molar-refractivity contribution in [1.29, 1.82) is 0 Å². The summed E-state index contributed by atoms with van der Waals surface area (Å²) >= 11 is 12.7. The van der Waals surface area contributed by atoms with E-state index in [1.807, 2.05) is 18.2 Å². The van der Waals surface area contributed by atoms with Gasteiger partial charge in [-0.3, -0.25) is 4.98 Å². The van der Waals surface area contributed by atoms with Gasteiger partial charge in [0.25, 0.3) is 0 Å². The van der Waals surface area contributed by atoms with Crippen molar-refractivity contribution in [2.75, 3.05) is 13.6 Å². The van der Waals surface area contributed by atoms with Gasteiger partial charge in [-0.05, 0) is 47.5 Å². The molecule has 2 aromatic carbocycles. The molecule has 0 radical (unpaired) electrons. The number of likely N-dealkylation sites (N-methyl/N-ethyl adjacent to an activating group) is 1. The standard InChI is InChI=1S/C22H18Cl2N2O2.Li/c1-26-11-18(17-8-16(23)9-20(24)19(17)12-26)14-4-2-3-13(7-14)15-5-6-21(22(27)28)25-10-15;/h2-10,18H,11-12H2,1H3,(H,27,28);/q;+1/p-1/t18-;/m0./s1. The molecule has 7 heteroatoms. The summed E-state index contributed by atoms with van der Waals surface area (Å²) in [5.74, 6) is -1.14. The van der Waals surface area contributed by atoms with E-state index < -0.39 is 5.97 Å². The Labute approximate surface area is 191 Å². The number of halogens is 2. The van der Waals surface area contributed by atoms with Crippen molar-refractivity contribution in [3.05, 3.63) is 87.2 Å². The van der Waals surface area contributed by atoms with Crippen LogP contribution >= 0.6 is 23.2 Å². The predicted octanol–water partition coefficient (Wildman–Crippen LogP) is 1.00. The van der Waals surface area contributed by atoms with Gasteiger partial charge in [0.1, 0.15) is 0 Å². The van der Waals surface area contributed by atoms with Crippen molar-refractivity contribution in [3.8, 4) is 11.1 Å². The maximum Gasteiger partial charge on any atom is 1.00 e.